The second-order valence-electron chi connectivity index (χ2n) is 6.58. The number of ether oxygens (including phenoxy) is 1. The van der Waals surface area contributed by atoms with E-state index in [1.807, 2.05) is 0 Å². The highest BCUT2D eigenvalue weighted by Crippen LogP contribution is 2.24. The summed E-state index contributed by atoms with van der Waals surface area (Å²) in [6.45, 7) is 13.3. The molecule has 22 heavy (non-hydrogen) atoms. The molecular formula is C19H32N2O. The van der Waals surface area contributed by atoms with Crippen LogP contribution in [0.3, 0.4) is 0 Å². The van der Waals surface area contributed by atoms with Crippen molar-refractivity contribution in [3.63, 3.8) is 0 Å². The maximum absolute atomic E-state index is 6.00. The molecule has 0 saturated carbocycles. The molecule has 3 heteroatoms. The molecule has 0 amide bonds. The Kier molecular flexibility index (Phi) is 7.20. The molecule has 1 aromatic rings. The molecular weight excluding hydrogens is 272 g/mol. The van der Waals surface area contributed by atoms with E-state index in [1.54, 1.807) is 0 Å². The first kappa shape index (κ1) is 17.3. The largest absolute Gasteiger partial charge is 0.493 e. The summed E-state index contributed by atoms with van der Waals surface area (Å²) >= 11 is 0. The monoisotopic (exact) mass is 304 g/mol. The highest BCUT2D eigenvalue weighted by atomic mass is 16.5. The maximum Gasteiger partial charge on any atom is 0.125 e. The minimum absolute atomic E-state index is 0.846. The lowest BCUT2D eigenvalue weighted by molar-refractivity contribution is 0.234. The maximum atomic E-state index is 6.00. The van der Waals surface area contributed by atoms with Gasteiger partial charge in [0.05, 0.1) is 6.61 Å². The number of aryl methyl sites for hydroxylation is 3. The van der Waals surface area contributed by atoms with E-state index in [9.17, 15) is 0 Å². The zero-order valence-corrected chi connectivity index (χ0v) is 14.6. The third-order valence-electron chi connectivity index (χ3n) is 4.43. The Hall–Kier alpha value is -1.06. The van der Waals surface area contributed by atoms with Gasteiger partial charge in [0.2, 0.25) is 0 Å². The summed E-state index contributed by atoms with van der Waals surface area (Å²) in [4.78, 5) is 2.58. The van der Waals surface area contributed by atoms with E-state index in [4.69, 9.17) is 4.74 Å². The van der Waals surface area contributed by atoms with Crippen molar-refractivity contribution in [1.29, 1.82) is 0 Å². The van der Waals surface area contributed by atoms with Gasteiger partial charge in [-0.2, -0.15) is 0 Å². The molecule has 0 aliphatic carbocycles. The molecule has 0 unspecified atom stereocenters. The Morgan fingerprint density at radius 2 is 1.59 bits per heavy atom. The molecule has 1 heterocycles. The normalized spacial score (nSPS) is 16.0. The number of benzene rings is 1. The highest BCUT2D eigenvalue weighted by molar-refractivity contribution is 5.42. The van der Waals surface area contributed by atoms with Gasteiger partial charge in [-0.15, -0.1) is 0 Å². The van der Waals surface area contributed by atoms with Crippen molar-refractivity contribution in [3.8, 4) is 5.75 Å². The van der Waals surface area contributed by atoms with Crippen molar-refractivity contribution in [1.82, 2.24) is 10.2 Å². The molecule has 0 bridgehead atoms. The zero-order chi connectivity index (χ0) is 15.8. The van der Waals surface area contributed by atoms with Crippen molar-refractivity contribution < 1.29 is 4.74 Å². The van der Waals surface area contributed by atoms with Crippen LogP contribution in [0.25, 0.3) is 0 Å². The first-order valence-corrected chi connectivity index (χ1v) is 8.80. The van der Waals surface area contributed by atoms with E-state index in [-0.39, 0.29) is 0 Å². The SMILES string of the molecule is Cc1cc(C)c(OCCCCCCN2CCNCC2)c(C)c1. The number of unbranched alkanes of at least 4 members (excludes halogenated alkanes) is 3. The molecule has 3 nitrogen and oxygen atoms in total. The average Bonchev–Trinajstić information content (AvgIpc) is 2.49. The summed E-state index contributed by atoms with van der Waals surface area (Å²) in [7, 11) is 0. The van der Waals surface area contributed by atoms with Crippen molar-refractivity contribution in [3.05, 3.63) is 28.8 Å². The standard InChI is InChI=1S/C19H32N2O/c1-16-14-17(2)19(18(3)15-16)22-13-7-5-4-6-10-21-11-8-20-9-12-21/h14-15,20H,4-13H2,1-3H3. The lowest BCUT2D eigenvalue weighted by Gasteiger charge is -2.27. The number of hydrogen-bond donors (Lipinski definition) is 1. The molecule has 0 radical (unpaired) electrons. The smallest absolute Gasteiger partial charge is 0.125 e. The molecule has 124 valence electrons. The molecule has 1 fully saturated rings. The van der Waals surface area contributed by atoms with Crippen molar-refractivity contribution >= 4 is 0 Å². The molecule has 1 saturated heterocycles. The van der Waals surface area contributed by atoms with Crippen molar-refractivity contribution in [2.45, 2.75) is 46.5 Å². The number of nitrogens with one attached hydrogen (secondary N) is 1. The van der Waals surface area contributed by atoms with Gasteiger partial charge in [0.25, 0.3) is 0 Å². The summed E-state index contributed by atoms with van der Waals surface area (Å²) in [5.41, 5.74) is 3.84. The van der Waals surface area contributed by atoms with Gasteiger partial charge in [0.1, 0.15) is 5.75 Å². The fraction of sp³-hybridized carbons (Fsp3) is 0.684. The van der Waals surface area contributed by atoms with Crippen LogP contribution in [0.2, 0.25) is 0 Å². The van der Waals surface area contributed by atoms with Crippen molar-refractivity contribution in [2.24, 2.45) is 0 Å². The number of rotatable bonds is 8. The molecule has 1 aliphatic rings. The van der Waals surface area contributed by atoms with Crippen molar-refractivity contribution in [2.75, 3.05) is 39.3 Å². The number of nitrogens with zero attached hydrogens (tertiary/aromatic N) is 1. The quantitative estimate of drug-likeness (QED) is 0.744. The fourth-order valence-corrected chi connectivity index (χ4v) is 3.29. The minimum Gasteiger partial charge on any atom is -0.493 e. The molecule has 0 aromatic heterocycles. The second kappa shape index (κ2) is 9.16. The van der Waals surface area contributed by atoms with Crippen LogP contribution in [0.15, 0.2) is 12.1 Å². The molecule has 1 N–H and O–H groups in total. The number of piperazine rings is 1. The predicted molar refractivity (Wildman–Crippen MR) is 93.9 cm³/mol. The van der Waals surface area contributed by atoms with Gasteiger partial charge in [0, 0.05) is 26.2 Å². The molecule has 1 aromatic carbocycles. The minimum atomic E-state index is 0.846. The van der Waals surface area contributed by atoms with Crippen LogP contribution in [-0.4, -0.2) is 44.2 Å². The van der Waals surface area contributed by atoms with E-state index >= 15 is 0 Å². The summed E-state index contributed by atoms with van der Waals surface area (Å²) in [5.74, 6) is 1.09. The van der Waals surface area contributed by atoms with Crippen LogP contribution in [-0.2, 0) is 0 Å². The van der Waals surface area contributed by atoms with Gasteiger partial charge >= 0.3 is 0 Å². The van der Waals surface area contributed by atoms with E-state index in [0.717, 1.165) is 31.9 Å². The summed E-state index contributed by atoms with van der Waals surface area (Å²) in [5, 5.41) is 3.40. The van der Waals surface area contributed by atoms with Gasteiger partial charge in [-0.3, -0.25) is 0 Å². The van der Waals surface area contributed by atoms with Crippen LogP contribution in [0.5, 0.6) is 5.75 Å². The Labute approximate surface area is 136 Å². The fourth-order valence-electron chi connectivity index (χ4n) is 3.29. The van der Waals surface area contributed by atoms with E-state index in [1.165, 1.54) is 55.6 Å². The van der Waals surface area contributed by atoms with Crippen LogP contribution in [0.4, 0.5) is 0 Å². The Balaban J connectivity index is 1.56. The molecule has 0 spiro atoms. The first-order valence-electron chi connectivity index (χ1n) is 8.80. The van der Waals surface area contributed by atoms with E-state index in [2.05, 4.69) is 43.1 Å². The zero-order valence-electron chi connectivity index (χ0n) is 14.6. The third-order valence-corrected chi connectivity index (χ3v) is 4.43. The third kappa shape index (κ3) is 5.62. The summed E-state index contributed by atoms with van der Waals surface area (Å²) in [6, 6.07) is 4.41. The van der Waals surface area contributed by atoms with Crippen LogP contribution < -0.4 is 10.1 Å². The van der Waals surface area contributed by atoms with Gasteiger partial charge in [-0.1, -0.05) is 30.5 Å². The second-order valence-corrected chi connectivity index (χ2v) is 6.58. The van der Waals surface area contributed by atoms with Crippen LogP contribution in [0.1, 0.15) is 42.4 Å². The van der Waals surface area contributed by atoms with Gasteiger partial charge in [-0.05, 0) is 51.3 Å². The van der Waals surface area contributed by atoms with Gasteiger partial charge < -0.3 is 15.0 Å². The van der Waals surface area contributed by atoms with Gasteiger partial charge in [0.15, 0.2) is 0 Å². The highest BCUT2D eigenvalue weighted by Gasteiger charge is 2.08. The number of hydrogen-bond acceptors (Lipinski definition) is 3. The van der Waals surface area contributed by atoms with Crippen LogP contribution in [0, 0.1) is 20.8 Å². The van der Waals surface area contributed by atoms with Gasteiger partial charge in [-0.25, -0.2) is 0 Å². The Morgan fingerprint density at radius 1 is 0.955 bits per heavy atom. The lowest BCUT2D eigenvalue weighted by Crippen LogP contribution is -2.43. The average molecular weight is 304 g/mol. The van der Waals surface area contributed by atoms with E-state index < -0.39 is 0 Å². The molecule has 0 atom stereocenters. The topological polar surface area (TPSA) is 24.5 Å². The van der Waals surface area contributed by atoms with E-state index in [0.29, 0.717) is 0 Å². The summed E-state index contributed by atoms with van der Waals surface area (Å²) < 4.78 is 6.00. The molecule has 2 rings (SSSR count). The first-order chi connectivity index (χ1) is 10.7. The summed E-state index contributed by atoms with van der Waals surface area (Å²) in [6.07, 6.45) is 5.08. The Bertz CT molecular complexity index is 430. The van der Waals surface area contributed by atoms with Crippen LogP contribution >= 0.6 is 0 Å². The lowest BCUT2D eigenvalue weighted by atomic mass is 10.1. The predicted octanol–water partition coefficient (Wildman–Crippen LogP) is 3.46. The molecule has 1 aliphatic heterocycles. The Morgan fingerprint density at radius 3 is 2.27 bits per heavy atom.